The summed E-state index contributed by atoms with van der Waals surface area (Å²) in [4.78, 5) is 11.4. The van der Waals surface area contributed by atoms with Gasteiger partial charge in [0.25, 0.3) is 0 Å². The van der Waals surface area contributed by atoms with Crippen molar-refractivity contribution in [1.82, 2.24) is 0 Å². The van der Waals surface area contributed by atoms with Crippen molar-refractivity contribution in [3.8, 4) is 5.75 Å². The van der Waals surface area contributed by atoms with E-state index in [1.165, 1.54) is 7.11 Å². The van der Waals surface area contributed by atoms with Crippen molar-refractivity contribution >= 4 is 17.6 Å². The second-order valence-corrected chi connectivity index (χ2v) is 4.27. The van der Waals surface area contributed by atoms with E-state index in [0.29, 0.717) is 28.9 Å². The van der Waals surface area contributed by atoms with Gasteiger partial charge in [-0.3, -0.25) is 0 Å². The minimum Gasteiger partial charge on any atom is -0.492 e. The van der Waals surface area contributed by atoms with Gasteiger partial charge in [0.1, 0.15) is 11.3 Å². The molecule has 0 aliphatic heterocycles. The standard InChI is InChI=1S/C12H15ClO3/c1-8(2)7-16-11-6-9(13)4-5-10(11)12(14)15-3/h4-6,8H,7H2,1-3H3. The van der Waals surface area contributed by atoms with Gasteiger partial charge in [-0.15, -0.1) is 0 Å². The summed E-state index contributed by atoms with van der Waals surface area (Å²) in [5, 5.41) is 0.534. The molecule has 1 rings (SSSR count). The number of rotatable bonds is 4. The minimum atomic E-state index is -0.421. The molecule has 0 aromatic heterocycles. The second kappa shape index (κ2) is 5.75. The highest BCUT2D eigenvalue weighted by Gasteiger charge is 2.13. The van der Waals surface area contributed by atoms with Crippen LogP contribution >= 0.6 is 11.6 Å². The van der Waals surface area contributed by atoms with Crippen molar-refractivity contribution in [3.63, 3.8) is 0 Å². The van der Waals surface area contributed by atoms with Crippen LogP contribution in [0.25, 0.3) is 0 Å². The monoisotopic (exact) mass is 242 g/mol. The molecule has 1 aromatic carbocycles. The smallest absolute Gasteiger partial charge is 0.341 e. The fourth-order valence-corrected chi connectivity index (χ4v) is 1.31. The maximum Gasteiger partial charge on any atom is 0.341 e. The number of hydrogen-bond donors (Lipinski definition) is 0. The number of methoxy groups -OCH3 is 1. The van der Waals surface area contributed by atoms with Crippen molar-refractivity contribution in [1.29, 1.82) is 0 Å². The summed E-state index contributed by atoms with van der Waals surface area (Å²) in [7, 11) is 1.34. The summed E-state index contributed by atoms with van der Waals surface area (Å²) in [6.45, 7) is 4.59. The summed E-state index contributed by atoms with van der Waals surface area (Å²) in [6.07, 6.45) is 0. The molecular weight excluding hydrogens is 228 g/mol. The highest BCUT2D eigenvalue weighted by Crippen LogP contribution is 2.24. The SMILES string of the molecule is COC(=O)c1ccc(Cl)cc1OCC(C)C. The zero-order valence-electron chi connectivity index (χ0n) is 9.62. The lowest BCUT2D eigenvalue weighted by Gasteiger charge is -2.12. The first-order valence-corrected chi connectivity index (χ1v) is 5.43. The summed E-state index contributed by atoms with van der Waals surface area (Å²) >= 11 is 5.85. The lowest BCUT2D eigenvalue weighted by Crippen LogP contribution is -2.09. The Morgan fingerprint density at radius 1 is 1.44 bits per heavy atom. The Balaban J connectivity index is 2.94. The molecule has 0 saturated heterocycles. The Kier molecular flexibility index (Phi) is 4.62. The Hall–Kier alpha value is -1.22. The van der Waals surface area contributed by atoms with Gasteiger partial charge >= 0.3 is 5.97 Å². The highest BCUT2D eigenvalue weighted by atomic mass is 35.5. The minimum absolute atomic E-state index is 0.379. The van der Waals surface area contributed by atoms with Gasteiger partial charge in [0, 0.05) is 5.02 Å². The number of esters is 1. The van der Waals surface area contributed by atoms with Crippen LogP contribution in [0.4, 0.5) is 0 Å². The molecule has 16 heavy (non-hydrogen) atoms. The Morgan fingerprint density at radius 3 is 2.69 bits per heavy atom. The summed E-state index contributed by atoms with van der Waals surface area (Å²) in [5.41, 5.74) is 0.396. The fraction of sp³-hybridized carbons (Fsp3) is 0.417. The van der Waals surface area contributed by atoms with Crippen LogP contribution in [0.15, 0.2) is 18.2 Å². The molecule has 0 fully saturated rings. The first-order valence-electron chi connectivity index (χ1n) is 5.05. The van der Waals surface area contributed by atoms with Crippen LogP contribution in [0.2, 0.25) is 5.02 Å². The van der Waals surface area contributed by atoms with Gasteiger partial charge in [0.05, 0.1) is 13.7 Å². The van der Waals surface area contributed by atoms with Gasteiger partial charge in [-0.1, -0.05) is 25.4 Å². The van der Waals surface area contributed by atoms with E-state index >= 15 is 0 Å². The molecule has 0 radical (unpaired) electrons. The first kappa shape index (κ1) is 12.8. The normalized spacial score (nSPS) is 10.3. The molecule has 0 N–H and O–H groups in total. The number of carbonyl (C=O) groups excluding carboxylic acids is 1. The van der Waals surface area contributed by atoms with E-state index in [1.54, 1.807) is 18.2 Å². The number of ether oxygens (including phenoxy) is 2. The van der Waals surface area contributed by atoms with E-state index < -0.39 is 5.97 Å². The van der Waals surface area contributed by atoms with Crippen LogP contribution in [0.5, 0.6) is 5.75 Å². The topological polar surface area (TPSA) is 35.5 Å². The highest BCUT2D eigenvalue weighted by molar-refractivity contribution is 6.30. The van der Waals surface area contributed by atoms with Gasteiger partial charge in [0.2, 0.25) is 0 Å². The molecular formula is C12H15ClO3. The fourth-order valence-electron chi connectivity index (χ4n) is 1.15. The largest absolute Gasteiger partial charge is 0.492 e. The summed E-state index contributed by atoms with van der Waals surface area (Å²) in [5.74, 6) is 0.424. The maximum absolute atomic E-state index is 11.4. The third kappa shape index (κ3) is 3.42. The molecule has 0 atom stereocenters. The van der Waals surface area contributed by atoms with Crippen molar-refractivity contribution in [3.05, 3.63) is 28.8 Å². The molecule has 0 aliphatic carbocycles. The predicted octanol–water partition coefficient (Wildman–Crippen LogP) is 3.16. The Labute approximate surface area is 100 Å². The van der Waals surface area contributed by atoms with Gasteiger partial charge in [-0.2, -0.15) is 0 Å². The van der Waals surface area contributed by atoms with Crippen molar-refractivity contribution in [2.24, 2.45) is 5.92 Å². The average molecular weight is 243 g/mol. The zero-order chi connectivity index (χ0) is 12.1. The Bertz CT molecular complexity index is 375. The second-order valence-electron chi connectivity index (χ2n) is 3.84. The lowest BCUT2D eigenvalue weighted by molar-refractivity contribution is 0.0595. The molecule has 0 amide bonds. The molecule has 0 unspecified atom stereocenters. The quantitative estimate of drug-likeness (QED) is 0.761. The van der Waals surface area contributed by atoms with Crippen molar-refractivity contribution in [2.45, 2.75) is 13.8 Å². The van der Waals surface area contributed by atoms with E-state index in [4.69, 9.17) is 16.3 Å². The van der Waals surface area contributed by atoms with Crippen LogP contribution < -0.4 is 4.74 Å². The van der Waals surface area contributed by atoms with E-state index in [9.17, 15) is 4.79 Å². The maximum atomic E-state index is 11.4. The average Bonchev–Trinajstić information content (AvgIpc) is 2.25. The van der Waals surface area contributed by atoms with Crippen LogP contribution in [0.3, 0.4) is 0 Å². The van der Waals surface area contributed by atoms with E-state index in [-0.39, 0.29) is 0 Å². The molecule has 0 aliphatic rings. The van der Waals surface area contributed by atoms with Crippen LogP contribution in [-0.4, -0.2) is 19.7 Å². The van der Waals surface area contributed by atoms with Crippen LogP contribution in [0.1, 0.15) is 24.2 Å². The van der Waals surface area contributed by atoms with Crippen LogP contribution in [0, 0.1) is 5.92 Å². The van der Waals surface area contributed by atoms with E-state index in [2.05, 4.69) is 4.74 Å². The molecule has 3 nitrogen and oxygen atoms in total. The molecule has 88 valence electrons. The van der Waals surface area contributed by atoms with Gasteiger partial charge in [-0.25, -0.2) is 4.79 Å². The Morgan fingerprint density at radius 2 is 2.12 bits per heavy atom. The summed E-state index contributed by atoms with van der Waals surface area (Å²) in [6, 6.07) is 4.86. The summed E-state index contributed by atoms with van der Waals surface area (Å²) < 4.78 is 10.2. The molecule has 4 heteroatoms. The molecule has 0 saturated carbocycles. The molecule has 0 heterocycles. The number of benzene rings is 1. The number of halogens is 1. The molecule has 0 bridgehead atoms. The third-order valence-corrected chi connectivity index (χ3v) is 2.16. The van der Waals surface area contributed by atoms with Crippen LogP contribution in [-0.2, 0) is 4.74 Å². The molecule has 1 aromatic rings. The third-order valence-electron chi connectivity index (χ3n) is 1.92. The number of carbonyl (C=O) groups is 1. The van der Waals surface area contributed by atoms with Gasteiger partial charge < -0.3 is 9.47 Å². The number of hydrogen-bond acceptors (Lipinski definition) is 3. The van der Waals surface area contributed by atoms with Gasteiger partial charge in [0.15, 0.2) is 0 Å². The molecule has 0 spiro atoms. The van der Waals surface area contributed by atoms with Crippen molar-refractivity contribution < 1.29 is 14.3 Å². The lowest BCUT2D eigenvalue weighted by atomic mass is 10.2. The van der Waals surface area contributed by atoms with Crippen molar-refractivity contribution in [2.75, 3.05) is 13.7 Å². The first-order chi connectivity index (χ1) is 7.54. The zero-order valence-corrected chi connectivity index (χ0v) is 10.4. The van der Waals surface area contributed by atoms with Gasteiger partial charge in [-0.05, 0) is 24.1 Å². The van der Waals surface area contributed by atoms with E-state index in [0.717, 1.165) is 0 Å². The predicted molar refractivity (Wildman–Crippen MR) is 63.1 cm³/mol. The van der Waals surface area contributed by atoms with E-state index in [1.807, 2.05) is 13.8 Å².